The standard InChI is InChI=1S/C20H31Cl2NO/c1-2-3-4-5-6-7-8-9-10-11-12-13-20(24)23-17-14-15-18(21)19(22)16-17/h14-16H,2-13H2,1H3,(H,23,24). The number of benzene rings is 1. The second-order valence-corrected chi connectivity index (χ2v) is 7.28. The van der Waals surface area contributed by atoms with Crippen LogP contribution in [0.4, 0.5) is 5.69 Å². The first-order chi connectivity index (χ1) is 11.6. The number of nitrogens with one attached hydrogen (secondary N) is 1. The van der Waals surface area contributed by atoms with E-state index in [9.17, 15) is 4.79 Å². The summed E-state index contributed by atoms with van der Waals surface area (Å²) in [7, 11) is 0. The van der Waals surface area contributed by atoms with Gasteiger partial charge in [-0.05, 0) is 24.6 Å². The van der Waals surface area contributed by atoms with Gasteiger partial charge in [-0.2, -0.15) is 0 Å². The molecular weight excluding hydrogens is 341 g/mol. The summed E-state index contributed by atoms with van der Waals surface area (Å²) in [5.41, 5.74) is 0.706. The molecular formula is C20H31Cl2NO. The molecule has 1 aromatic carbocycles. The Bertz CT molecular complexity index is 477. The van der Waals surface area contributed by atoms with Crippen molar-refractivity contribution in [2.24, 2.45) is 0 Å². The Morgan fingerprint density at radius 1 is 0.833 bits per heavy atom. The molecule has 1 rings (SSSR count). The Hall–Kier alpha value is -0.730. The average molecular weight is 372 g/mol. The van der Waals surface area contributed by atoms with Gasteiger partial charge in [-0.15, -0.1) is 0 Å². The van der Waals surface area contributed by atoms with E-state index in [1.54, 1.807) is 18.2 Å². The summed E-state index contributed by atoms with van der Waals surface area (Å²) in [6.07, 6.45) is 14.7. The molecule has 2 nitrogen and oxygen atoms in total. The van der Waals surface area contributed by atoms with Gasteiger partial charge in [-0.1, -0.05) is 94.3 Å². The predicted molar refractivity (Wildman–Crippen MR) is 106 cm³/mol. The fourth-order valence-corrected chi connectivity index (χ4v) is 3.05. The predicted octanol–water partition coefficient (Wildman–Crippen LogP) is 7.63. The fourth-order valence-electron chi connectivity index (χ4n) is 2.75. The Balaban J connectivity index is 1.97. The first kappa shape index (κ1) is 21.3. The van der Waals surface area contributed by atoms with E-state index in [1.165, 1.54) is 57.8 Å². The molecule has 1 N–H and O–H groups in total. The Morgan fingerprint density at radius 3 is 1.92 bits per heavy atom. The van der Waals surface area contributed by atoms with Crippen LogP contribution in [0, 0.1) is 0 Å². The van der Waals surface area contributed by atoms with E-state index in [4.69, 9.17) is 23.2 Å². The lowest BCUT2D eigenvalue weighted by atomic mass is 10.1. The average Bonchev–Trinajstić information content (AvgIpc) is 2.56. The number of rotatable bonds is 13. The first-order valence-corrected chi connectivity index (χ1v) is 10.1. The highest BCUT2D eigenvalue weighted by atomic mass is 35.5. The highest BCUT2D eigenvalue weighted by Crippen LogP contribution is 2.25. The highest BCUT2D eigenvalue weighted by Gasteiger charge is 2.04. The number of amides is 1. The van der Waals surface area contributed by atoms with Gasteiger partial charge in [0.2, 0.25) is 5.91 Å². The minimum absolute atomic E-state index is 0.0457. The zero-order valence-electron chi connectivity index (χ0n) is 14.9. The molecule has 1 aromatic rings. The maximum Gasteiger partial charge on any atom is 0.224 e. The summed E-state index contributed by atoms with van der Waals surface area (Å²) >= 11 is 11.8. The smallest absolute Gasteiger partial charge is 0.224 e. The molecule has 1 amide bonds. The first-order valence-electron chi connectivity index (χ1n) is 9.38. The van der Waals surface area contributed by atoms with Crippen LogP contribution in [0.15, 0.2) is 18.2 Å². The van der Waals surface area contributed by atoms with Crippen LogP contribution in [0.25, 0.3) is 0 Å². The molecule has 0 unspecified atom stereocenters. The van der Waals surface area contributed by atoms with Gasteiger partial charge < -0.3 is 5.32 Å². The topological polar surface area (TPSA) is 29.1 Å². The van der Waals surface area contributed by atoms with Crippen LogP contribution in [-0.2, 0) is 4.79 Å². The van der Waals surface area contributed by atoms with E-state index in [1.807, 2.05) is 0 Å². The normalized spacial score (nSPS) is 10.8. The summed E-state index contributed by atoms with van der Waals surface area (Å²) in [5, 5.41) is 3.83. The Labute approximate surface area is 157 Å². The van der Waals surface area contributed by atoms with Gasteiger partial charge in [-0.25, -0.2) is 0 Å². The van der Waals surface area contributed by atoms with Crippen molar-refractivity contribution >= 4 is 34.8 Å². The van der Waals surface area contributed by atoms with Crippen LogP contribution in [0.3, 0.4) is 0 Å². The SMILES string of the molecule is CCCCCCCCCCCCCC(=O)Nc1ccc(Cl)c(Cl)c1. The van der Waals surface area contributed by atoms with Gasteiger partial charge in [0.05, 0.1) is 10.0 Å². The van der Waals surface area contributed by atoms with Gasteiger partial charge in [0.15, 0.2) is 0 Å². The molecule has 0 fully saturated rings. The molecule has 0 aliphatic carbocycles. The number of carbonyl (C=O) groups is 1. The molecule has 0 bridgehead atoms. The monoisotopic (exact) mass is 371 g/mol. The van der Waals surface area contributed by atoms with Crippen LogP contribution in [0.1, 0.15) is 84.0 Å². The van der Waals surface area contributed by atoms with Crippen molar-refractivity contribution in [1.82, 2.24) is 0 Å². The maximum atomic E-state index is 11.9. The molecule has 0 atom stereocenters. The van der Waals surface area contributed by atoms with Crippen LogP contribution in [-0.4, -0.2) is 5.91 Å². The maximum absolute atomic E-state index is 11.9. The van der Waals surface area contributed by atoms with Crippen LogP contribution >= 0.6 is 23.2 Å². The van der Waals surface area contributed by atoms with Crippen molar-refractivity contribution in [1.29, 1.82) is 0 Å². The van der Waals surface area contributed by atoms with Crippen molar-refractivity contribution in [3.8, 4) is 0 Å². The molecule has 4 heteroatoms. The molecule has 0 aliphatic rings. The summed E-state index contributed by atoms with van der Waals surface area (Å²) in [6, 6.07) is 5.15. The highest BCUT2D eigenvalue weighted by molar-refractivity contribution is 6.42. The Morgan fingerprint density at radius 2 is 1.38 bits per heavy atom. The Kier molecular flexibility index (Phi) is 12.0. The molecule has 0 radical (unpaired) electrons. The van der Waals surface area contributed by atoms with Crippen LogP contribution in [0.5, 0.6) is 0 Å². The van der Waals surface area contributed by atoms with Crippen LogP contribution in [0.2, 0.25) is 10.0 Å². The lowest BCUT2D eigenvalue weighted by Gasteiger charge is -2.06. The third-order valence-corrected chi connectivity index (χ3v) is 4.95. The van der Waals surface area contributed by atoms with Gasteiger partial charge in [0.1, 0.15) is 0 Å². The number of unbranched alkanes of at least 4 members (excludes halogenated alkanes) is 10. The molecule has 0 saturated carbocycles. The lowest BCUT2D eigenvalue weighted by Crippen LogP contribution is -2.10. The molecule has 24 heavy (non-hydrogen) atoms. The lowest BCUT2D eigenvalue weighted by molar-refractivity contribution is -0.116. The van der Waals surface area contributed by atoms with Crippen molar-refractivity contribution in [3.05, 3.63) is 28.2 Å². The number of anilines is 1. The largest absolute Gasteiger partial charge is 0.326 e. The van der Waals surface area contributed by atoms with E-state index in [2.05, 4.69) is 12.2 Å². The quantitative estimate of drug-likeness (QED) is 0.354. The molecule has 0 aromatic heterocycles. The number of halogens is 2. The zero-order valence-corrected chi connectivity index (χ0v) is 16.4. The number of carbonyl (C=O) groups excluding carboxylic acids is 1. The second-order valence-electron chi connectivity index (χ2n) is 6.46. The number of hydrogen-bond donors (Lipinski definition) is 1. The summed E-state index contributed by atoms with van der Waals surface area (Å²) < 4.78 is 0. The van der Waals surface area contributed by atoms with Crippen molar-refractivity contribution < 1.29 is 4.79 Å². The van der Waals surface area contributed by atoms with E-state index >= 15 is 0 Å². The fraction of sp³-hybridized carbons (Fsp3) is 0.650. The second kappa shape index (κ2) is 13.5. The molecule has 136 valence electrons. The number of hydrogen-bond acceptors (Lipinski definition) is 1. The molecule has 0 aliphatic heterocycles. The van der Waals surface area contributed by atoms with Gasteiger partial charge in [0, 0.05) is 12.1 Å². The van der Waals surface area contributed by atoms with E-state index in [0.717, 1.165) is 12.8 Å². The summed E-state index contributed by atoms with van der Waals surface area (Å²) in [6.45, 7) is 2.25. The van der Waals surface area contributed by atoms with Crippen LogP contribution < -0.4 is 5.32 Å². The third-order valence-electron chi connectivity index (χ3n) is 4.21. The van der Waals surface area contributed by atoms with E-state index in [-0.39, 0.29) is 5.91 Å². The minimum atomic E-state index is 0.0457. The zero-order chi connectivity index (χ0) is 17.6. The van der Waals surface area contributed by atoms with Crippen molar-refractivity contribution in [3.63, 3.8) is 0 Å². The van der Waals surface area contributed by atoms with Gasteiger partial charge in [-0.3, -0.25) is 4.79 Å². The molecule has 0 saturated heterocycles. The minimum Gasteiger partial charge on any atom is -0.326 e. The summed E-state index contributed by atoms with van der Waals surface area (Å²) in [4.78, 5) is 11.9. The van der Waals surface area contributed by atoms with Crippen molar-refractivity contribution in [2.45, 2.75) is 84.0 Å². The van der Waals surface area contributed by atoms with Gasteiger partial charge in [0.25, 0.3) is 0 Å². The third kappa shape index (κ3) is 10.2. The van der Waals surface area contributed by atoms with E-state index in [0.29, 0.717) is 22.2 Å². The van der Waals surface area contributed by atoms with Crippen molar-refractivity contribution in [2.75, 3.05) is 5.32 Å². The summed E-state index contributed by atoms with van der Waals surface area (Å²) in [5.74, 6) is 0.0457. The van der Waals surface area contributed by atoms with E-state index < -0.39 is 0 Å². The molecule has 0 spiro atoms. The molecule has 0 heterocycles. The van der Waals surface area contributed by atoms with Gasteiger partial charge >= 0.3 is 0 Å².